The van der Waals surface area contributed by atoms with Gasteiger partial charge in [0.25, 0.3) is 0 Å². The molecule has 0 radical (unpaired) electrons. The highest BCUT2D eigenvalue weighted by molar-refractivity contribution is 6.19. The molecule has 0 saturated heterocycles. The number of pyridine rings is 1. The van der Waals surface area contributed by atoms with Gasteiger partial charge in [0.2, 0.25) is 0 Å². The van der Waals surface area contributed by atoms with E-state index < -0.39 is 23.7 Å². The summed E-state index contributed by atoms with van der Waals surface area (Å²) >= 11 is 0. The number of ketones is 2. The second-order valence-corrected chi connectivity index (χ2v) is 5.62. The summed E-state index contributed by atoms with van der Waals surface area (Å²) in [5.74, 6) is -2.09. The van der Waals surface area contributed by atoms with E-state index in [1.54, 1.807) is 0 Å². The molecule has 1 aromatic heterocycles. The maximum Gasteiger partial charge on any atom is 0.192 e. The topological polar surface area (TPSA) is 75.0 Å². The molecule has 0 amide bonds. The van der Waals surface area contributed by atoms with E-state index in [4.69, 9.17) is 0 Å². The largest absolute Gasteiger partial charge is 0.292 e. The lowest BCUT2D eigenvalue weighted by Gasteiger charge is -2.28. The van der Waals surface area contributed by atoms with Crippen molar-refractivity contribution in [1.82, 2.24) is 9.99 Å². The number of aromatic nitrogens is 1. The number of nitrogens with zero attached hydrogens (tertiary/aromatic N) is 4. The fraction of sp³-hybridized carbons (Fsp3) is 0.188. The van der Waals surface area contributed by atoms with Gasteiger partial charge in [-0.25, -0.2) is 8.78 Å². The molecule has 0 bridgehead atoms. The number of halogens is 2. The van der Waals surface area contributed by atoms with E-state index in [-0.39, 0.29) is 29.2 Å². The van der Waals surface area contributed by atoms with Crippen molar-refractivity contribution in [3.8, 4) is 0 Å². The van der Waals surface area contributed by atoms with Crippen LogP contribution in [0.2, 0.25) is 0 Å². The van der Waals surface area contributed by atoms with Crippen LogP contribution in [0.15, 0.2) is 47.0 Å². The van der Waals surface area contributed by atoms with E-state index in [0.717, 1.165) is 18.2 Å². The van der Waals surface area contributed by atoms with Crippen molar-refractivity contribution in [3.05, 3.63) is 65.0 Å². The summed E-state index contributed by atoms with van der Waals surface area (Å²) in [6, 6.07) is 2.68. The van der Waals surface area contributed by atoms with Gasteiger partial charge in [0.1, 0.15) is 17.7 Å². The first kappa shape index (κ1) is 14.6. The number of hydrogen-bond acceptors (Lipinski definition) is 6. The molecule has 2 heterocycles. The van der Waals surface area contributed by atoms with Crippen LogP contribution in [0.5, 0.6) is 0 Å². The van der Waals surface area contributed by atoms with Crippen LogP contribution >= 0.6 is 0 Å². The molecule has 6 nitrogen and oxygen atoms in total. The van der Waals surface area contributed by atoms with Gasteiger partial charge in [-0.15, -0.1) is 0 Å². The predicted molar refractivity (Wildman–Crippen MR) is 77.2 cm³/mol. The zero-order valence-electron chi connectivity index (χ0n) is 12.2. The van der Waals surface area contributed by atoms with Gasteiger partial charge in [0.15, 0.2) is 17.6 Å². The molecule has 0 N–H and O–H groups in total. The number of carbonyl (C=O) groups is 2. The zero-order chi connectivity index (χ0) is 16.8. The van der Waals surface area contributed by atoms with E-state index in [9.17, 15) is 18.4 Å². The molecule has 0 saturated carbocycles. The summed E-state index contributed by atoms with van der Waals surface area (Å²) in [5.41, 5.74) is 0.782. The van der Waals surface area contributed by atoms with E-state index in [0.29, 0.717) is 5.56 Å². The lowest BCUT2D eigenvalue weighted by atomic mass is 9.84. The lowest BCUT2D eigenvalue weighted by Crippen LogP contribution is -2.48. The number of rotatable bonds is 2. The molecular formula is C16H10F2N4O2. The van der Waals surface area contributed by atoms with Crippen molar-refractivity contribution in [3.63, 3.8) is 0 Å². The van der Waals surface area contributed by atoms with Crippen molar-refractivity contribution < 1.29 is 18.4 Å². The van der Waals surface area contributed by atoms with Gasteiger partial charge in [0, 0.05) is 29.6 Å². The fourth-order valence-corrected chi connectivity index (χ4v) is 3.02. The van der Waals surface area contributed by atoms with Crippen molar-refractivity contribution in [2.45, 2.75) is 18.6 Å². The number of hydrogen-bond donors (Lipinski definition) is 0. The summed E-state index contributed by atoms with van der Waals surface area (Å²) in [6.07, 6.45) is 2.77. The standard InChI is InChI=1S/C16H10F2N4O2/c17-9-3-8(4-10(18)5-9)7-22-14-13(20-21-22)15(23)11-1-2-19-6-12(11)16(14)24/h1-6,13-14H,7H2. The molecule has 120 valence electrons. The summed E-state index contributed by atoms with van der Waals surface area (Å²) in [6.45, 7) is -0.0338. The summed E-state index contributed by atoms with van der Waals surface area (Å²) in [4.78, 5) is 29.0. The molecule has 2 unspecified atom stereocenters. The Hall–Kier alpha value is -3.03. The monoisotopic (exact) mass is 328 g/mol. The first-order valence-electron chi connectivity index (χ1n) is 7.19. The summed E-state index contributed by atoms with van der Waals surface area (Å²) in [5, 5.41) is 9.04. The van der Waals surface area contributed by atoms with Gasteiger partial charge in [-0.1, -0.05) is 5.22 Å². The van der Waals surface area contributed by atoms with E-state index in [2.05, 4.69) is 15.3 Å². The van der Waals surface area contributed by atoms with Gasteiger partial charge in [0.05, 0.1) is 6.54 Å². The van der Waals surface area contributed by atoms with Gasteiger partial charge >= 0.3 is 0 Å². The Labute approximate surface area is 134 Å². The molecule has 1 aromatic carbocycles. The van der Waals surface area contributed by atoms with Crippen LogP contribution in [0.4, 0.5) is 8.78 Å². The molecule has 2 aromatic rings. The van der Waals surface area contributed by atoms with Crippen LogP contribution in [0.25, 0.3) is 0 Å². The highest BCUT2D eigenvalue weighted by atomic mass is 19.1. The smallest absolute Gasteiger partial charge is 0.192 e. The molecule has 0 fully saturated rings. The van der Waals surface area contributed by atoms with Crippen LogP contribution in [0.3, 0.4) is 0 Å². The van der Waals surface area contributed by atoms with Crippen LogP contribution in [-0.4, -0.2) is 33.6 Å². The average Bonchev–Trinajstić information content (AvgIpc) is 2.96. The molecule has 1 aliphatic heterocycles. The number of benzene rings is 1. The van der Waals surface area contributed by atoms with Gasteiger partial charge in [-0.2, -0.15) is 5.11 Å². The van der Waals surface area contributed by atoms with Crippen molar-refractivity contribution in [2.24, 2.45) is 10.3 Å². The first-order chi connectivity index (χ1) is 11.5. The normalized spacial score (nSPS) is 21.8. The summed E-state index contributed by atoms with van der Waals surface area (Å²) < 4.78 is 26.7. The molecule has 2 atom stereocenters. The predicted octanol–water partition coefficient (Wildman–Crippen LogP) is 2.36. The molecule has 2 aliphatic rings. The Morgan fingerprint density at radius 2 is 1.79 bits per heavy atom. The van der Waals surface area contributed by atoms with Crippen molar-refractivity contribution in [2.75, 3.05) is 0 Å². The van der Waals surface area contributed by atoms with Crippen molar-refractivity contribution in [1.29, 1.82) is 0 Å². The molecular weight excluding hydrogens is 318 g/mol. The van der Waals surface area contributed by atoms with E-state index in [1.165, 1.54) is 23.5 Å². The third-order valence-corrected chi connectivity index (χ3v) is 4.07. The second-order valence-electron chi connectivity index (χ2n) is 5.62. The number of Topliss-reactive ketones (excluding diaryl/α,β-unsaturated/α-hetero) is 2. The van der Waals surface area contributed by atoms with Crippen LogP contribution in [-0.2, 0) is 6.54 Å². The highest BCUT2D eigenvalue weighted by Gasteiger charge is 2.48. The minimum absolute atomic E-state index is 0.0338. The van der Waals surface area contributed by atoms with E-state index >= 15 is 0 Å². The number of fused-ring (bicyclic) bond motifs is 2. The van der Waals surface area contributed by atoms with Crippen LogP contribution in [0.1, 0.15) is 26.3 Å². The molecule has 0 spiro atoms. The maximum absolute atomic E-state index is 13.3. The van der Waals surface area contributed by atoms with E-state index in [1.807, 2.05) is 0 Å². The Bertz CT molecular complexity index is 879. The van der Waals surface area contributed by atoms with Gasteiger partial charge in [-0.3, -0.25) is 19.6 Å². The third kappa shape index (κ3) is 2.18. The molecule has 24 heavy (non-hydrogen) atoms. The Balaban J connectivity index is 1.68. The Kier molecular flexibility index (Phi) is 3.19. The molecule has 8 heteroatoms. The highest BCUT2D eigenvalue weighted by Crippen LogP contribution is 2.31. The van der Waals surface area contributed by atoms with Crippen molar-refractivity contribution >= 4 is 11.6 Å². The second kappa shape index (κ2) is 5.26. The summed E-state index contributed by atoms with van der Waals surface area (Å²) in [7, 11) is 0. The van der Waals surface area contributed by atoms with Gasteiger partial charge in [-0.05, 0) is 23.8 Å². The Morgan fingerprint density at radius 3 is 2.54 bits per heavy atom. The minimum atomic E-state index is -0.939. The first-order valence-corrected chi connectivity index (χ1v) is 7.19. The zero-order valence-corrected chi connectivity index (χ0v) is 12.2. The van der Waals surface area contributed by atoms with Crippen LogP contribution < -0.4 is 0 Å². The third-order valence-electron chi connectivity index (χ3n) is 4.07. The maximum atomic E-state index is 13.3. The Morgan fingerprint density at radius 1 is 1.04 bits per heavy atom. The minimum Gasteiger partial charge on any atom is -0.292 e. The van der Waals surface area contributed by atoms with Crippen LogP contribution in [0, 0.1) is 11.6 Å². The fourth-order valence-electron chi connectivity index (χ4n) is 3.02. The average molecular weight is 328 g/mol. The number of carbonyl (C=O) groups excluding carboxylic acids is 2. The van der Waals surface area contributed by atoms with Gasteiger partial charge < -0.3 is 0 Å². The lowest BCUT2D eigenvalue weighted by molar-refractivity contribution is 0.0741. The SMILES string of the molecule is O=C1c2ccncc2C(=O)C2C1N=NN2Cc1cc(F)cc(F)c1. The quantitative estimate of drug-likeness (QED) is 0.848. The molecule has 1 aliphatic carbocycles. The molecule has 4 rings (SSSR count).